The van der Waals surface area contributed by atoms with Crippen molar-refractivity contribution in [3.05, 3.63) is 51.4 Å². The van der Waals surface area contributed by atoms with E-state index in [0.717, 1.165) is 5.69 Å². The number of ether oxygens (including phenoxy) is 2. The Bertz CT molecular complexity index is 725. The summed E-state index contributed by atoms with van der Waals surface area (Å²) in [4.78, 5) is 12.5. The van der Waals surface area contributed by atoms with E-state index in [2.05, 4.69) is 5.10 Å². The lowest BCUT2D eigenvalue weighted by atomic mass is 9.99. The molecule has 1 aromatic carbocycles. The maximum Gasteiger partial charge on any atom is 0.271 e. The fourth-order valence-electron chi connectivity index (χ4n) is 2.39. The summed E-state index contributed by atoms with van der Waals surface area (Å²) in [7, 11) is 3.15. The summed E-state index contributed by atoms with van der Waals surface area (Å²) >= 11 is 0. The molecule has 2 N–H and O–H groups in total. The molecule has 1 unspecified atom stereocenters. The standard InChI is InChI=1S/C16H21N3O3/c1-5-19-16(20)13(8-10(2)18-19)15(17)12-9-11(21-3)6-7-14(12)22-4/h6-9,15H,5,17H2,1-4H3. The molecule has 6 heteroatoms. The number of nitrogens with two attached hydrogens (primary N) is 1. The SMILES string of the molecule is CCn1nc(C)cc(C(N)c2cc(OC)ccc2OC)c1=O. The first-order valence-electron chi connectivity index (χ1n) is 7.08. The first-order valence-corrected chi connectivity index (χ1v) is 7.08. The summed E-state index contributed by atoms with van der Waals surface area (Å²) in [5, 5.41) is 4.20. The summed E-state index contributed by atoms with van der Waals surface area (Å²) in [6, 6.07) is 6.46. The van der Waals surface area contributed by atoms with Crippen molar-refractivity contribution in [2.75, 3.05) is 14.2 Å². The highest BCUT2D eigenvalue weighted by molar-refractivity contribution is 5.45. The molecule has 118 valence electrons. The van der Waals surface area contributed by atoms with Gasteiger partial charge in [0, 0.05) is 17.7 Å². The summed E-state index contributed by atoms with van der Waals surface area (Å²) in [6.45, 7) is 4.20. The van der Waals surface area contributed by atoms with Crippen LogP contribution in [0.3, 0.4) is 0 Å². The van der Waals surface area contributed by atoms with E-state index in [1.54, 1.807) is 38.5 Å². The molecule has 0 amide bonds. The van der Waals surface area contributed by atoms with Crippen LogP contribution in [0.2, 0.25) is 0 Å². The van der Waals surface area contributed by atoms with Crippen LogP contribution in [0.4, 0.5) is 0 Å². The largest absolute Gasteiger partial charge is 0.497 e. The van der Waals surface area contributed by atoms with Gasteiger partial charge in [-0.25, -0.2) is 4.68 Å². The van der Waals surface area contributed by atoms with Gasteiger partial charge < -0.3 is 15.2 Å². The molecule has 0 fully saturated rings. The van der Waals surface area contributed by atoms with Gasteiger partial charge in [-0.15, -0.1) is 0 Å². The number of aryl methyl sites for hydroxylation is 2. The zero-order valence-electron chi connectivity index (χ0n) is 13.3. The van der Waals surface area contributed by atoms with Gasteiger partial charge in [0.2, 0.25) is 0 Å². The predicted octanol–water partition coefficient (Wildman–Crippen LogP) is 1.64. The fourth-order valence-corrected chi connectivity index (χ4v) is 2.39. The van der Waals surface area contributed by atoms with E-state index in [1.165, 1.54) is 4.68 Å². The van der Waals surface area contributed by atoms with Crippen LogP contribution in [-0.4, -0.2) is 24.0 Å². The monoisotopic (exact) mass is 303 g/mol. The van der Waals surface area contributed by atoms with Crippen LogP contribution in [0, 0.1) is 6.92 Å². The molecule has 0 aliphatic rings. The van der Waals surface area contributed by atoms with Gasteiger partial charge in [0.25, 0.3) is 5.56 Å². The lowest BCUT2D eigenvalue weighted by Gasteiger charge is -2.17. The fraction of sp³-hybridized carbons (Fsp3) is 0.375. The Morgan fingerprint density at radius 2 is 1.95 bits per heavy atom. The molecule has 22 heavy (non-hydrogen) atoms. The van der Waals surface area contributed by atoms with Gasteiger partial charge in [-0.05, 0) is 38.1 Å². The molecular formula is C16H21N3O3. The molecule has 0 saturated heterocycles. The molecule has 6 nitrogen and oxygen atoms in total. The van der Waals surface area contributed by atoms with Crippen LogP contribution in [0.15, 0.2) is 29.1 Å². The van der Waals surface area contributed by atoms with Gasteiger partial charge in [-0.2, -0.15) is 5.10 Å². The molecule has 2 aromatic rings. The predicted molar refractivity (Wildman–Crippen MR) is 84.5 cm³/mol. The third kappa shape index (κ3) is 2.96. The second-order valence-corrected chi connectivity index (χ2v) is 4.95. The van der Waals surface area contributed by atoms with Crippen molar-refractivity contribution >= 4 is 0 Å². The molecule has 0 saturated carbocycles. The summed E-state index contributed by atoms with van der Waals surface area (Å²) < 4.78 is 12.0. The van der Waals surface area contributed by atoms with Crippen LogP contribution in [0.1, 0.15) is 29.8 Å². The molecule has 1 atom stereocenters. The molecule has 2 rings (SSSR count). The average Bonchev–Trinajstić information content (AvgIpc) is 2.55. The first kappa shape index (κ1) is 16.0. The maximum atomic E-state index is 12.5. The minimum absolute atomic E-state index is 0.189. The zero-order valence-corrected chi connectivity index (χ0v) is 13.3. The van der Waals surface area contributed by atoms with Gasteiger partial charge >= 0.3 is 0 Å². The Morgan fingerprint density at radius 1 is 1.23 bits per heavy atom. The second kappa shape index (κ2) is 6.62. The van der Waals surface area contributed by atoms with Crippen LogP contribution in [0.5, 0.6) is 11.5 Å². The normalized spacial score (nSPS) is 12.0. The molecular weight excluding hydrogens is 282 g/mol. The van der Waals surface area contributed by atoms with E-state index in [0.29, 0.717) is 29.2 Å². The van der Waals surface area contributed by atoms with Gasteiger partial charge in [-0.3, -0.25) is 4.79 Å². The summed E-state index contributed by atoms with van der Waals surface area (Å²) in [5.74, 6) is 1.28. The zero-order chi connectivity index (χ0) is 16.3. The summed E-state index contributed by atoms with van der Waals surface area (Å²) in [6.07, 6.45) is 0. The molecule has 1 aromatic heterocycles. The van der Waals surface area contributed by atoms with Crippen LogP contribution in [-0.2, 0) is 6.54 Å². The Hall–Kier alpha value is -2.34. The van der Waals surface area contributed by atoms with Crippen molar-refractivity contribution in [1.82, 2.24) is 9.78 Å². The number of methoxy groups -OCH3 is 2. The van der Waals surface area contributed by atoms with Gasteiger partial charge in [0.05, 0.1) is 26.0 Å². The number of nitrogens with zero attached hydrogens (tertiary/aromatic N) is 2. The second-order valence-electron chi connectivity index (χ2n) is 4.95. The molecule has 1 heterocycles. The smallest absolute Gasteiger partial charge is 0.271 e. The number of rotatable bonds is 5. The van der Waals surface area contributed by atoms with Crippen LogP contribution < -0.4 is 20.8 Å². The van der Waals surface area contributed by atoms with E-state index in [-0.39, 0.29) is 5.56 Å². The Labute approximate surface area is 129 Å². The van der Waals surface area contributed by atoms with Crippen molar-refractivity contribution in [2.24, 2.45) is 5.73 Å². The third-order valence-corrected chi connectivity index (χ3v) is 3.53. The quantitative estimate of drug-likeness (QED) is 0.908. The highest BCUT2D eigenvalue weighted by Crippen LogP contribution is 2.30. The Morgan fingerprint density at radius 3 is 2.55 bits per heavy atom. The first-order chi connectivity index (χ1) is 10.5. The highest BCUT2D eigenvalue weighted by Gasteiger charge is 2.19. The number of hydrogen-bond donors (Lipinski definition) is 1. The minimum Gasteiger partial charge on any atom is -0.497 e. The topological polar surface area (TPSA) is 79.4 Å². The van der Waals surface area contributed by atoms with Crippen molar-refractivity contribution in [1.29, 1.82) is 0 Å². The Balaban J connectivity index is 2.59. The van der Waals surface area contributed by atoms with Crippen molar-refractivity contribution < 1.29 is 9.47 Å². The lowest BCUT2D eigenvalue weighted by molar-refractivity contribution is 0.397. The minimum atomic E-state index is -0.614. The number of hydrogen-bond acceptors (Lipinski definition) is 5. The Kier molecular flexibility index (Phi) is 4.82. The van der Waals surface area contributed by atoms with E-state index in [4.69, 9.17) is 15.2 Å². The molecule has 0 bridgehead atoms. The molecule has 0 spiro atoms. The van der Waals surface area contributed by atoms with Crippen molar-refractivity contribution in [2.45, 2.75) is 26.4 Å². The van der Waals surface area contributed by atoms with E-state index in [1.807, 2.05) is 13.8 Å². The summed E-state index contributed by atoms with van der Waals surface area (Å²) in [5.41, 5.74) is 8.08. The molecule has 0 aliphatic carbocycles. The van der Waals surface area contributed by atoms with Gasteiger partial charge in [0.15, 0.2) is 0 Å². The van der Waals surface area contributed by atoms with E-state index >= 15 is 0 Å². The van der Waals surface area contributed by atoms with Gasteiger partial charge in [0.1, 0.15) is 11.5 Å². The third-order valence-electron chi connectivity index (χ3n) is 3.53. The number of benzene rings is 1. The van der Waals surface area contributed by atoms with Crippen LogP contribution in [0.25, 0.3) is 0 Å². The molecule has 0 radical (unpaired) electrons. The lowest BCUT2D eigenvalue weighted by Crippen LogP contribution is -2.30. The van der Waals surface area contributed by atoms with E-state index in [9.17, 15) is 4.79 Å². The molecule has 0 aliphatic heterocycles. The highest BCUT2D eigenvalue weighted by atomic mass is 16.5. The maximum absolute atomic E-state index is 12.5. The van der Waals surface area contributed by atoms with Crippen molar-refractivity contribution in [3.63, 3.8) is 0 Å². The average molecular weight is 303 g/mol. The van der Waals surface area contributed by atoms with Gasteiger partial charge in [-0.1, -0.05) is 0 Å². The van der Waals surface area contributed by atoms with Crippen LogP contribution >= 0.6 is 0 Å². The number of aromatic nitrogens is 2. The van der Waals surface area contributed by atoms with E-state index < -0.39 is 6.04 Å². The van der Waals surface area contributed by atoms with Crippen molar-refractivity contribution in [3.8, 4) is 11.5 Å².